The highest BCUT2D eigenvalue weighted by atomic mass is 32.2. The van der Waals surface area contributed by atoms with Crippen LogP contribution in [-0.4, -0.2) is 41.3 Å². The Balaban J connectivity index is 2.78. The first-order valence-electron chi connectivity index (χ1n) is 6.67. The summed E-state index contributed by atoms with van der Waals surface area (Å²) in [6.45, 7) is 7.73. The molecule has 1 heterocycles. The lowest BCUT2D eigenvalue weighted by molar-refractivity contribution is 0.113. The minimum absolute atomic E-state index is 0.0196. The van der Waals surface area contributed by atoms with Crippen molar-refractivity contribution >= 4 is 11.8 Å². The Labute approximate surface area is 110 Å². The molecule has 1 aliphatic heterocycles. The Morgan fingerprint density at radius 2 is 2.18 bits per heavy atom. The number of aliphatic hydroxyl groups is 1. The Hall–Kier alpha value is 0.230. The van der Waals surface area contributed by atoms with Crippen LogP contribution in [0.25, 0.3) is 0 Å². The molecule has 0 aromatic heterocycles. The van der Waals surface area contributed by atoms with Gasteiger partial charge in [0, 0.05) is 30.5 Å². The highest BCUT2D eigenvalue weighted by Gasteiger charge is 2.46. The smallest absolute Gasteiger partial charge is 0.0449 e. The van der Waals surface area contributed by atoms with Crippen molar-refractivity contribution in [2.24, 2.45) is 11.1 Å². The van der Waals surface area contributed by atoms with E-state index in [-0.39, 0.29) is 17.6 Å². The van der Waals surface area contributed by atoms with Crippen LogP contribution in [0.2, 0.25) is 0 Å². The third-order valence-electron chi connectivity index (χ3n) is 4.31. The van der Waals surface area contributed by atoms with Crippen molar-refractivity contribution in [1.82, 2.24) is 5.32 Å². The lowest BCUT2D eigenvalue weighted by atomic mass is 9.70. The molecule has 2 atom stereocenters. The van der Waals surface area contributed by atoms with E-state index in [2.05, 4.69) is 26.1 Å². The van der Waals surface area contributed by atoms with Crippen LogP contribution in [0, 0.1) is 5.41 Å². The van der Waals surface area contributed by atoms with Gasteiger partial charge < -0.3 is 16.2 Å². The fourth-order valence-corrected chi connectivity index (χ4v) is 4.30. The van der Waals surface area contributed by atoms with E-state index in [1.54, 1.807) is 0 Å². The third-order valence-corrected chi connectivity index (χ3v) is 5.50. The minimum atomic E-state index is 0.0196. The third kappa shape index (κ3) is 3.37. The Morgan fingerprint density at radius 3 is 2.65 bits per heavy atom. The molecule has 3 nitrogen and oxygen atoms in total. The molecular weight excluding hydrogens is 232 g/mol. The molecular formula is C13H28N2OS. The maximum atomic E-state index is 9.11. The lowest BCUT2D eigenvalue weighted by Gasteiger charge is -2.51. The van der Waals surface area contributed by atoms with Crippen LogP contribution in [0.5, 0.6) is 0 Å². The number of nitrogens with two attached hydrogens (primary N) is 1. The van der Waals surface area contributed by atoms with Gasteiger partial charge in [-0.15, -0.1) is 0 Å². The van der Waals surface area contributed by atoms with Crippen molar-refractivity contribution in [3.63, 3.8) is 0 Å². The van der Waals surface area contributed by atoms with Crippen LogP contribution in [0.3, 0.4) is 0 Å². The molecule has 1 aliphatic rings. The highest BCUT2D eigenvalue weighted by molar-refractivity contribution is 7.99. The standard InChI is InChI=1S/C13H28N2OS/c1-4-11(5-7-16)15-13(9-14)10-17-8-6-12(13,2)3/h11,15-16H,4-10,14H2,1-3H3. The van der Waals surface area contributed by atoms with E-state index < -0.39 is 0 Å². The average Bonchev–Trinajstić information content (AvgIpc) is 2.31. The Bertz CT molecular complexity index is 235. The molecule has 2 unspecified atom stereocenters. The van der Waals surface area contributed by atoms with Crippen molar-refractivity contribution in [2.45, 2.75) is 51.6 Å². The number of thioether (sulfide) groups is 1. The molecule has 0 spiro atoms. The summed E-state index contributed by atoms with van der Waals surface area (Å²) < 4.78 is 0. The molecule has 0 aliphatic carbocycles. The normalized spacial score (nSPS) is 30.2. The van der Waals surface area contributed by atoms with Crippen LogP contribution < -0.4 is 11.1 Å². The fourth-order valence-electron chi connectivity index (χ4n) is 2.56. The van der Waals surface area contributed by atoms with Gasteiger partial charge in [0.05, 0.1) is 0 Å². The van der Waals surface area contributed by atoms with E-state index >= 15 is 0 Å². The predicted molar refractivity (Wildman–Crippen MR) is 76.4 cm³/mol. The second-order valence-electron chi connectivity index (χ2n) is 5.73. The molecule has 0 radical (unpaired) electrons. The van der Waals surface area contributed by atoms with E-state index in [4.69, 9.17) is 10.8 Å². The van der Waals surface area contributed by atoms with E-state index in [1.165, 1.54) is 12.2 Å². The second kappa shape index (κ2) is 6.41. The SMILES string of the molecule is CCC(CCO)NC1(CN)CSCCC1(C)C. The predicted octanol–water partition coefficient (Wildman–Crippen LogP) is 1.60. The molecule has 1 fully saturated rings. The van der Waals surface area contributed by atoms with Crippen molar-refractivity contribution in [3.05, 3.63) is 0 Å². The van der Waals surface area contributed by atoms with Crippen LogP contribution in [-0.2, 0) is 0 Å². The fraction of sp³-hybridized carbons (Fsp3) is 1.00. The van der Waals surface area contributed by atoms with Gasteiger partial charge in [0.15, 0.2) is 0 Å². The van der Waals surface area contributed by atoms with Crippen LogP contribution in [0.4, 0.5) is 0 Å². The summed E-state index contributed by atoms with van der Waals surface area (Å²) in [6.07, 6.45) is 3.07. The quantitative estimate of drug-likeness (QED) is 0.679. The molecule has 1 rings (SSSR count). The molecule has 0 amide bonds. The first kappa shape index (κ1) is 15.3. The molecule has 0 aromatic carbocycles. The van der Waals surface area contributed by atoms with Crippen molar-refractivity contribution in [3.8, 4) is 0 Å². The zero-order valence-electron chi connectivity index (χ0n) is 11.5. The first-order valence-corrected chi connectivity index (χ1v) is 7.83. The summed E-state index contributed by atoms with van der Waals surface area (Å²) in [5.41, 5.74) is 6.33. The first-order chi connectivity index (χ1) is 8.01. The van der Waals surface area contributed by atoms with Gasteiger partial charge in [-0.3, -0.25) is 0 Å². The average molecular weight is 260 g/mol. The Morgan fingerprint density at radius 1 is 1.47 bits per heavy atom. The van der Waals surface area contributed by atoms with E-state index in [1.807, 2.05) is 11.8 Å². The van der Waals surface area contributed by atoms with Gasteiger partial charge in [0.2, 0.25) is 0 Å². The van der Waals surface area contributed by atoms with Gasteiger partial charge in [-0.05, 0) is 30.4 Å². The zero-order chi connectivity index (χ0) is 12.9. The summed E-state index contributed by atoms with van der Waals surface area (Å²) in [5.74, 6) is 2.31. The maximum Gasteiger partial charge on any atom is 0.0449 e. The number of nitrogens with one attached hydrogen (secondary N) is 1. The molecule has 1 saturated heterocycles. The molecule has 0 aromatic rings. The molecule has 0 bridgehead atoms. The monoisotopic (exact) mass is 260 g/mol. The summed E-state index contributed by atoms with van der Waals surface area (Å²) >= 11 is 1.99. The van der Waals surface area contributed by atoms with Gasteiger partial charge in [-0.1, -0.05) is 20.8 Å². The van der Waals surface area contributed by atoms with Crippen molar-refractivity contribution in [1.29, 1.82) is 0 Å². The number of rotatable bonds is 6. The van der Waals surface area contributed by atoms with Gasteiger partial charge in [0.1, 0.15) is 0 Å². The minimum Gasteiger partial charge on any atom is -0.396 e. The summed E-state index contributed by atoms with van der Waals surface area (Å²) in [7, 11) is 0. The van der Waals surface area contributed by atoms with Gasteiger partial charge in [-0.2, -0.15) is 11.8 Å². The summed E-state index contributed by atoms with van der Waals surface area (Å²) in [5, 5.41) is 12.9. The van der Waals surface area contributed by atoms with Crippen molar-refractivity contribution in [2.75, 3.05) is 24.7 Å². The van der Waals surface area contributed by atoms with Crippen LogP contribution in [0.1, 0.15) is 40.0 Å². The van der Waals surface area contributed by atoms with Crippen LogP contribution >= 0.6 is 11.8 Å². The maximum absolute atomic E-state index is 9.11. The van der Waals surface area contributed by atoms with Gasteiger partial charge >= 0.3 is 0 Å². The lowest BCUT2D eigenvalue weighted by Crippen LogP contribution is -2.66. The molecule has 4 N–H and O–H groups in total. The number of aliphatic hydroxyl groups excluding tert-OH is 1. The zero-order valence-corrected chi connectivity index (χ0v) is 12.3. The largest absolute Gasteiger partial charge is 0.396 e. The van der Waals surface area contributed by atoms with E-state index in [0.717, 1.165) is 18.6 Å². The second-order valence-corrected chi connectivity index (χ2v) is 6.84. The molecule has 0 saturated carbocycles. The number of hydrogen-bond acceptors (Lipinski definition) is 4. The topological polar surface area (TPSA) is 58.3 Å². The summed E-state index contributed by atoms with van der Waals surface area (Å²) in [4.78, 5) is 0. The highest BCUT2D eigenvalue weighted by Crippen LogP contribution is 2.42. The molecule has 102 valence electrons. The van der Waals surface area contributed by atoms with Crippen molar-refractivity contribution < 1.29 is 5.11 Å². The van der Waals surface area contributed by atoms with E-state index in [9.17, 15) is 0 Å². The number of hydrogen-bond donors (Lipinski definition) is 3. The Kier molecular flexibility index (Phi) is 5.77. The van der Waals surface area contributed by atoms with Crippen LogP contribution in [0.15, 0.2) is 0 Å². The van der Waals surface area contributed by atoms with E-state index in [0.29, 0.717) is 12.6 Å². The summed E-state index contributed by atoms with van der Waals surface area (Å²) in [6, 6.07) is 0.376. The van der Waals surface area contributed by atoms with Gasteiger partial charge in [0.25, 0.3) is 0 Å². The van der Waals surface area contributed by atoms with Gasteiger partial charge in [-0.25, -0.2) is 0 Å². The molecule has 17 heavy (non-hydrogen) atoms. The molecule has 4 heteroatoms.